The Morgan fingerprint density at radius 1 is 1.43 bits per heavy atom. The number of aliphatic imine (C=N–C) groups is 1. The summed E-state index contributed by atoms with van der Waals surface area (Å²) in [5.41, 5.74) is 0.701. The third-order valence-electron chi connectivity index (χ3n) is 2.36. The maximum absolute atomic E-state index is 12.3. The molecule has 1 aliphatic rings. The minimum Gasteiger partial charge on any atom is -0.292 e. The van der Waals surface area contributed by atoms with Crippen molar-refractivity contribution in [2.45, 2.75) is 31.8 Å². The van der Waals surface area contributed by atoms with Crippen LogP contribution >= 0.6 is 11.6 Å². The average molecular weight is 228 g/mol. The van der Waals surface area contributed by atoms with Crippen LogP contribution in [-0.4, -0.2) is 23.8 Å². The van der Waals surface area contributed by atoms with Gasteiger partial charge in [0.05, 0.1) is 17.8 Å². The van der Waals surface area contributed by atoms with Crippen molar-refractivity contribution < 1.29 is 13.2 Å². The molecule has 0 saturated heterocycles. The first-order chi connectivity index (χ1) is 6.32. The van der Waals surface area contributed by atoms with Crippen LogP contribution in [0.25, 0.3) is 0 Å². The molecule has 5 heteroatoms. The predicted octanol–water partition coefficient (Wildman–Crippen LogP) is 3.27. The van der Waals surface area contributed by atoms with Gasteiger partial charge in [0, 0.05) is 5.71 Å². The quantitative estimate of drug-likeness (QED) is 0.610. The lowest BCUT2D eigenvalue weighted by molar-refractivity contribution is -0.173. The van der Waals surface area contributed by atoms with Crippen molar-refractivity contribution in [1.82, 2.24) is 0 Å². The highest BCUT2D eigenvalue weighted by molar-refractivity contribution is 6.32. The van der Waals surface area contributed by atoms with Crippen LogP contribution in [0.15, 0.2) is 4.99 Å². The predicted molar refractivity (Wildman–Crippen MR) is 50.9 cm³/mol. The minimum absolute atomic E-state index is 0.0396. The van der Waals surface area contributed by atoms with Crippen LogP contribution in [0.1, 0.15) is 20.3 Å². The second-order valence-corrected chi connectivity index (χ2v) is 4.39. The summed E-state index contributed by atoms with van der Waals surface area (Å²) in [6, 6.07) is 0. The molecule has 0 aliphatic carbocycles. The third-order valence-corrected chi connectivity index (χ3v) is 2.76. The fourth-order valence-corrected chi connectivity index (χ4v) is 2.08. The van der Waals surface area contributed by atoms with Crippen LogP contribution < -0.4 is 0 Å². The Hall–Kier alpha value is -0.250. The molecule has 0 aromatic rings. The summed E-state index contributed by atoms with van der Waals surface area (Å²) in [5.74, 6) is -1.24. The molecule has 0 bridgehead atoms. The van der Waals surface area contributed by atoms with Crippen LogP contribution in [0.3, 0.4) is 0 Å². The van der Waals surface area contributed by atoms with Crippen LogP contribution in [-0.2, 0) is 0 Å². The first-order valence-corrected chi connectivity index (χ1v) is 5.01. The van der Waals surface area contributed by atoms with Gasteiger partial charge in [0.15, 0.2) is 0 Å². The summed E-state index contributed by atoms with van der Waals surface area (Å²) in [6.45, 7) is 3.62. The first-order valence-electron chi connectivity index (χ1n) is 4.57. The van der Waals surface area contributed by atoms with Gasteiger partial charge in [0.2, 0.25) is 0 Å². The molecule has 82 valence electrons. The van der Waals surface area contributed by atoms with E-state index in [0.717, 1.165) is 0 Å². The molecular weight excluding hydrogens is 215 g/mol. The van der Waals surface area contributed by atoms with Gasteiger partial charge >= 0.3 is 6.18 Å². The highest BCUT2D eigenvalue weighted by Crippen LogP contribution is 2.34. The maximum atomic E-state index is 12.3. The summed E-state index contributed by atoms with van der Waals surface area (Å²) >= 11 is 5.85. The normalized spacial score (nSPS) is 29.2. The molecule has 1 heterocycles. The van der Waals surface area contributed by atoms with Crippen LogP contribution in [0, 0.1) is 11.8 Å². The monoisotopic (exact) mass is 227 g/mol. The number of halogens is 4. The molecule has 2 unspecified atom stereocenters. The van der Waals surface area contributed by atoms with Gasteiger partial charge in [-0.1, -0.05) is 13.8 Å². The number of hydrogen-bond donors (Lipinski definition) is 0. The number of hydrogen-bond acceptors (Lipinski definition) is 1. The van der Waals surface area contributed by atoms with E-state index in [4.69, 9.17) is 11.6 Å². The lowest BCUT2D eigenvalue weighted by atomic mass is 9.92. The fraction of sp³-hybridized carbons (Fsp3) is 0.889. The molecule has 1 aliphatic heterocycles. The van der Waals surface area contributed by atoms with Crippen LogP contribution in [0.4, 0.5) is 13.2 Å². The zero-order valence-corrected chi connectivity index (χ0v) is 8.86. The Morgan fingerprint density at radius 3 is 2.36 bits per heavy atom. The van der Waals surface area contributed by atoms with Crippen molar-refractivity contribution in [1.29, 1.82) is 0 Å². The van der Waals surface area contributed by atoms with Gasteiger partial charge in [-0.25, -0.2) is 0 Å². The summed E-state index contributed by atoms with van der Waals surface area (Å²) in [7, 11) is 0. The van der Waals surface area contributed by atoms with Gasteiger partial charge < -0.3 is 0 Å². The van der Waals surface area contributed by atoms with Crippen LogP contribution in [0.5, 0.6) is 0 Å². The SMILES string of the molecule is CC(C)C1=NCC(C(F)(F)F)CC1Cl. The second kappa shape index (κ2) is 4.09. The van der Waals surface area contributed by atoms with Crippen molar-refractivity contribution in [3.05, 3.63) is 0 Å². The van der Waals surface area contributed by atoms with Crippen molar-refractivity contribution in [3.63, 3.8) is 0 Å². The molecule has 0 spiro atoms. The van der Waals surface area contributed by atoms with Crippen molar-refractivity contribution >= 4 is 17.3 Å². The third kappa shape index (κ3) is 2.62. The molecular formula is C9H13ClF3N. The van der Waals surface area contributed by atoms with E-state index in [-0.39, 0.29) is 18.9 Å². The number of alkyl halides is 4. The van der Waals surface area contributed by atoms with Crippen molar-refractivity contribution in [2.24, 2.45) is 16.8 Å². The van der Waals surface area contributed by atoms with Gasteiger partial charge in [0.1, 0.15) is 0 Å². The molecule has 1 nitrogen and oxygen atoms in total. The lowest BCUT2D eigenvalue weighted by Gasteiger charge is -2.28. The maximum Gasteiger partial charge on any atom is 0.393 e. The number of rotatable bonds is 1. The largest absolute Gasteiger partial charge is 0.393 e. The van der Waals surface area contributed by atoms with E-state index in [0.29, 0.717) is 5.71 Å². The Morgan fingerprint density at radius 2 is 2.00 bits per heavy atom. The zero-order valence-electron chi connectivity index (χ0n) is 8.11. The number of nitrogens with zero attached hydrogens (tertiary/aromatic N) is 1. The van der Waals surface area contributed by atoms with E-state index < -0.39 is 17.5 Å². The Kier molecular flexibility index (Phi) is 3.45. The fourth-order valence-electron chi connectivity index (χ4n) is 1.54. The summed E-state index contributed by atoms with van der Waals surface area (Å²) in [6.07, 6.45) is -4.21. The van der Waals surface area contributed by atoms with Gasteiger partial charge in [0.25, 0.3) is 0 Å². The van der Waals surface area contributed by atoms with Gasteiger partial charge in [-0.05, 0) is 12.3 Å². The van der Waals surface area contributed by atoms with Crippen molar-refractivity contribution in [2.75, 3.05) is 6.54 Å². The Balaban J connectivity index is 2.72. The molecule has 14 heavy (non-hydrogen) atoms. The zero-order chi connectivity index (χ0) is 10.9. The van der Waals surface area contributed by atoms with E-state index in [9.17, 15) is 13.2 Å². The van der Waals surface area contributed by atoms with Crippen LogP contribution in [0.2, 0.25) is 0 Å². The molecule has 0 amide bonds. The second-order valence-electron chi connectivity index (χ2n) is 3.86. The minimum atomic E-state index is -4.17. The van der Waals surface area contributed by atoms with E-state index in [2.05, 4.69) is 4.99 Å². The highest BCUT2D eigenvalue weighted by atomic mass is 35.5. The molecule has 0 saturated carbocycles. The van der Waals surface area contributed by atoms with Gasteiger partial charge in [-0.2, -0.15) is 13.2 Å². The summed E-state index contributed by atoms with van der Waals surface area (Å²) in [4.78, 5) is 3.92. The molecule has 1 rings (SSSR count). The van der Waals surface area contributed by atoms with Gasteiger partial charge in [-0.3, -0.25) is 4.99 Å². The molecule has 0 N–H and O–H groups in total. The molecule has 0 radical (unpaired) electrons. The van der Waals surface area contributed by atoms with E-state index in [1.165, 1.54) is 0 Å². The summed E-state index contributed by atoms with van der Waals surface area (Å²) in [5, 5.41) is -0.560. The Bertz CT molecular complexity index is 235. The van der Waals surface area contributed by atoms with Gasteiger partial charge in [-0.15, -0.1) is 11.6 Å². The standard InChI is InChI=1S/C9H13ClF3N/c1-5(2)8-7(10)3-6(4-14-8)9(11,12)13/h5-7H,3-4H2,1-2H3. The molecule has 0 aromatic heterocycles. The smallest absolute Gasteiger partial charge is 0.292 e. The summed E-state index contributed by atoms with van der Waals surface area (Å²) < 4.78 is 36.9. The average Bonchev–Trinajstić information content (AvgIpc) is 2.01. The lowest BCUT2D eigenvalue weighted by Crippen LogP contribution is -2.36. The molecule has 0 aromatic carbocycles. The van der Waals surface area contributed by atoms with Crippen molar-refractivity contribution in [3.8, 4) is 0 Å². The highest BCUT2D eigenvalue weighted by Gasteiger charge is 2.43. The topological polar surface area (TPSA) is 12.4 Å². The molecule has 0 fully saturated rings. The van der Waals surface area contributed by atoms with E-state index in [1.807, 2.05) is 13.8 Å². The van der Waals surface area contributed by atoms with E-state index >= 15 is 0 Å². The molecule has 2 atom stereocenters. The first kappa shape index (κ1) is 11.8. The Labute approximate surface area is 86.3 Å². The van der Waals surface area contributed by atoms with E-state index in [1.54, 1.807) is 0 Å².